The Labute approximate surface area is 178 Å². The molecule has 1 heterocycles. The number of nitriles is 1. The molecule has 2 aromatic rings. The van der Waals surface area contributed by atoms with Crippen molar-refractivity contribution >= 4 is 33.2 Å². The quantitative estimate of drug-likeness (QED) is 0.689. The van der Waals surface area contributed by atoms with E-state index < -0.39 is 21.3 Å². The number of nitrogens with zero attached hydrogens (tertiary/aromatic N) is 2. The number of benzene rings is 2. The molecule has 2 aromatic carbocycles. The summed E-state index contributed by atoms with van der Waals surface area (Å²) >= 11 is 11.9. The van der Waals surface area contributed by atoms with E-state index in [4.69, 9.17) is 33.2 Å². The second kappa shape index (κ2) is 8.46. The minimum absolute atomic E-state index is 0.00305. The third-order valence-electron chi connectivity index (χ3n) is 4.69. The van der Waals surface area contributed by atoms with Gasteiger partial charge in [-0.2, -0.15) is 9.57 Å². The van der Waals surface area contributed by atoms with Crippen LogP contribution in [0.5, 0.6) is 5.75 Å². The summed E-state index contributed by atoms with van der Waals surface area (Å²) in [6.45, 7) is 1.12. The van der Waals surface area contributed by atoms with Crippen LogP contribution in [-0.4, -0.2) is 46.0 Å². The lowest BCUT2D eigenvalue weighted by Crippen LogP contribution is -2.64. The molecule has 1 aliphatic rings. The van der Waals surface area contributed by atoms with E-state index in [9.17, 15) is 12.8 Å². The van der Waals surface area contributed by atoms with Gasteiger partial charge in [0, 0.05) is 36.1 Å². The first-order valence-corrected chi connectivity index (χ1v) is 10.8. The maximum absolute atomic E-state index is 13.8. The van der Waals surface area contributed by atoms with Crippen molar-refractivity contribution in [3.63, 3.8) is 0 Å². The van der Waals surface area contributed by atoms with E-state index in [0.29, 0.717) is 11.6 Å². The van der Waals surface area contributed by atoms with Crippen molar-refractivity contribution in [2.45, 2.75) is 4.90 Å². The number of nitrogens with one attached hydrogen (secondary N) is 1. The molecular formula is C19H18Cl2FN3O3S. The van der Waals surface area contributed by atoms with Crippen molar-refractivity contribution in [3.8, 4) is 11.8 Å². The Hall–Kier alpha value is -1.89. The minimum atomic E-state index is -3.77. The molecule has 10 heteroatoms. The summed E-state index contributed by atoms with van der Waals surface area (Å²) in [7, 11) is -2.01. The number of rotatable bonds is 7. The molecule has 29 heavy (non-hydrogen) atoms. The molecule has 0 bridgehead atoms. The van der Waals surface area contributed by atoms with Gasteiger partial charge in [0.05, 0.1) is 17.2 Å². The number of halogens is 3. The Kier molecular flexibility index (Phi) is 6.36. The van der Waals surface area contributed by atoms with Crippen molar-refractivity contribution < 1.29 is 17.5 Å². The highest BCUT2D eigenvalue weighted by Gasteiger charge is 2.49. The van der Waals surface area contributed by atoms with Crippen molar-refractivity contribution in [3.05, 3.63) is 57.8 Å². The van der Waals surface area contributed by atoms with E-state index in [2.05, 4.69) is 5.32 Å². The smallest absolute Gasteiger partial charge is 0.244 e. The zero-order chi connectivity index (χ0) is 21.2. The first-order chi connectivity index (χ1) is 13.7. The van der Waals surface area contributed by atoms with Crippen LogP contribution in [0.1, 0.15) is 5.56 Å². The zero-order valence-electron chi connectivity index (χ0n) is 15.5. The van der Waals surface area contributed by atoms with Crippen molar-refractivity contribution in [1.29, 1.82) is 5.26 Å². The largest absolute Gasteiger partial charge is 0.493 e. The van der Waals surface area contributed by atoms with Gasteiger partial charge in [0.15, 0.2) is 0 Å². The van der Waals surface area contributed by atoms with Gasteiger partial charge in [-0.1, -0.05) is 23.2 Å². The average molecular weight is 458 g/mol. The Morgan fingerprint density at radius 1 is 1.28 bits per heavy atom. The molecular weight excluding hydrogens is 440 g/mol. The summed E-state index contributed by atoms with van der Waals surface area (Å²) in [6, 6.07) is 9.99. The Morgan fingerprint density at radius 2 is 2.00 bits per heavy atom. The van der Waals surface area contributed by atoms with Gasteiger partial charge in [0.1, 0.15) is 22.5 Å². The summed E-state index contributed by atoms with van der Waals surface area (Å²) in [5, 5.41) is 12.3. The fraction of sp³-hybridized carbons (Fsp3) is 0.316. The number of ether oxygens (including phenoxy) is 1. The van der Waals surface area contributed by atoms with Gasteiger partial charge < -0.3 is 10.1 Å². The van der Waals surface area contributed by atoms with Gasteiger partial charge in [-0.3, -0.25) is 0 Å². The van der Waals surface area contributed by atoms with Gasteiger partial charge in [0.25, 0.3) is 0 Å². The third kappa shape index (κ3) is 4.49. The van der Waals surface area contributed by atoms with Gasteiger partial charge in [-0.05, 0) is 37.4 Å². The highest BCUT2D eigenvalue weighted by Crippen LogP contribution is 2.37. The Bertz CT molecular complexity index is 1070. The van der Waals surface area contributed by atoms with Crippen molar-refractivity contribution in [2.24, 2.45) is 5.41 Å². The van der Waals surface area contributed by atoms with Crippen LogP contribution in [0.15, 0.2) is 41.3 Å². The van der Waals surface area contributed by atoms with Crippen molar-refractivity contribution in [1.82, 2.24) is 9.62 Å². The summed E-state index contributed by atoms with van der Waals surface area (Å²) in [5.41, 5.74) is -0.548. The second-order valence-corrected chi connectivity index (χ2v) is 9.67. The lowest BCUT2D eigenvalue weighted by Gasteiger charge is -2.48. The maximum Gasteiger partial charge on any atom is 0.244 e. The van der Waals surface area contributed by atoms with Gasteiger partial charge >= 0.3 is 0 Å². The molecule has 1 aliphatic heterocycles. The van der Waals surface area contributed by atoms with E-state index in [1.165, 1.54) is 34.6 Å². The molecule has 1 saturated heterocycles. The third-order valence-corrected chi connectivity index (χ3v) is 7.20. The fourth-order valence-electron chi connectivity index (χ4n) is 3.24. The molecule has 0 radical (unpaired) electrons. The van der Waals surface area contributed by atoms with E-state index >= 15 is 0 Å². The number of hydrogen-bond donors (Lipinski definition) is 1. The van der Waals surface area contributed by atoms with Gasteiger partial charge in [-0.25, -0.2) is 12.8 Å². The summed E-state index contributed by atoms with van der Waals surface area (Å²) in [5.74, 6) is -0.387. The lowest BCUT2D eigenvalue weighted by molar-refractivity contribution is 0.0209. The van der Waals surface area contributed by atoms with Gasteiger partial charge in [-0.15, -0.1) is 0 Å². The predicted molar refractivity (Wildman–Crippen MR) is 108 cm³/mol. The first-order valence-electron chi connectivity index (χ1n) is 8.63. The highest BCUT2D eigenvalue weighted by molar-refractivity contribution is 7.89. The molecule has 3 rings (SSSR count). The monoisotopic (exact) mass is 457 g/mol. The molecule has 0 unspecified atom stereocenters. The number of hydrogen-bond acceptors (Lipinski definition) is 5. The topological polar surface area (TPSA) is 82.4 Å². The van der Waals surface area contributed by atoms with Crippen LogP contribution in [0.3, 0.4) is 0 Å². The summed E-state index contributed by atoms with van der Waals surface area (Å²) in [6.07, 6.45) is 0. The molecule has 0 aliphatic carbocycles. The van der Waals surface area contributed by atoms with Crippen molar-refractivity contribution in [2.75, 3.05) is 33.3 Å². The van der Waals surface area contributed by atoms with Crippen LogP contribution in [0.4, 0.5) is 4.39 Å². The first kappa shape index (κ1) is 21.8. The van der Waals surface area contributed by atoms with Crippen LogP contribution < -0.4 is 10.1 Å². The molecule has 0 aromatic heterocycles. The zero-order valence-corrected chi connectivity index (χ0v) is 17.8. The molecule has 1 N–H and O–H groups in total. The number of sulfonamides is 1. The average Bonchev–Trinajstić information content (AvgIpc) is 2.63. The highest BCUT2D eigenvalue weighted by atomic mass is 35.5. The van der Waals surface area contributed by atoms with E-state index in [1.807, 2.05) is 0 Å². The van der Waals surface area contributed by atoms with Gasteiger partial charge in [0.2, 0.25) is 10.0 Å². The second-order valence-electron chi connectivity index (χ2n) is 6.92. The van der Waals surface area contributed by atoms with Crippen LogP contribution in [0.25, 0.3) is 0 Å². The maximum atomic E-state index is 13.8. The molecule has 154 valence electrons. The Morgan fingerprint density at radius 3 is 2.59 bits per heavy atom. The lowest BCUT2D eigenvalue weighted by atomic mass is 9.82. The normalized spacial score (nSPS) is 16.1. The molecule has 1 fully saturated rings. The van der Waals surface area contributed by atoms with Crippen LogP contribution in [0, 0.1) is 22.6 Å². The van der Waals surface area contributed by atoms with E-state index in [-0.39, 0.29) is 40.9 Å². The van der Waals surface area contributed by atoms with Crippen LogP contribution in [-0.2, 0) is 10.0 Å². The fourth-order valence-corrected chi connectivity index (χ4v) is 5.65. The standard InChI is InChI=1S/C19H18Cl2FN3O3S/c1-24-9-19(12-28-15-4-2-13(8-23)17(22)7-15)10-25(11-19)29(26,27)18-5-3-14(20)6-16(18)21/h2-7,24H,9-12H2,1H3. The Balaban J connectivity index is 1.72. The SMILES string of the molecule is CNCC1(COc2ccc(C#N)c(F)c2)CN(S(=O)(=O)c2ccc(Cl)cc2Cl)C1. The van der Waals surface area contributed by atoms with E-state index in [1.54, 1.807) is 13.1 Å². The molecule has 0 saturated carbocycles. The minimum Gasteiger partial charge on any atom is -0.493 e. The van der Waals surface area contributed by atoms with E-state index in [0.717, 1.165) is 6.07 Å². The van der Waals surface area contributed by atoms with Crippen LogP contribution in [0.2, 0.25) is 10.0 Å². The van der Waals surface area contributed by atoms with Crippen LogP contribution >= 0.6 is 23.2 Å². The summed E-state index contributed by atoms with van der Waals surface area (Å²) in [4.78, 5) is -0.00305. The molecule has 0 spiro atoms. The predicted octanol–water partition coefficient (Wildman–Crippen LogP) is 3.29. The molecule has 0 atom stereocenters. The molecule has 0 amide bonds. The summed E-state index contributed by atoms with van der Waals surface area (Å²) < 4.78 is 46.6. The molecule has 6 nitrogen and oxygen atoms in total.